The summed E-state index contributed by atoms with van der Waals surface area (Å²) in [4.78, 5) is 0. The molecule has 0 aromatic carbocycles. The van der Waals surface area contributed by atoms with E-state index in [1.807, 2.05) is 6.07 Å². The molecule has 0 radical (unpaired) electrons. The van der Waals surface area contributed by atoms with E-state index in [0.29, 0.717) is 12.3 Å². The van der Waals surface area contributed by atoms with Crippen LogP contribution in [0, 0.1) is 11.3 Å². The Hall–Kier alpha value is -1.31. The zero-order chi connectivity index (χ0) is 10.7. The summed E-state index contributed by atoms with van der Waals surface area (Å²) in [6, 6.07) is 5.55. The van der Waals surface area contributed by atoms with Crippen LogP contribution < -0.4 is 5.32 Å². The van der Waals surface area contributed by atoms with Gasteiger partial charge in [0, 0.05) is 6.04 Å². The van der Waals surface area contributed by atoms with Gasteiger partial charge in [0.2, 0.25) is 5.76 Å². The second-order valence-electron chi connectivity index (χ2n) is 3.86. The van der Waals surface area contributed by atoms with Gasteiger partial charge in [-0.25, -0.2) is 0 Å². The number of aliphatic hydroxyl groups excluding tert-OH is 1. The van der Waals surface area contributed by atoms with E-state index >= 15 is 0 Å². The maximum absolute atomic E-state index is 9.57. The molecule has 2 atom stereocenters. The Morgan fingerprint density at radius 2 is 2.40 bits per heavy atom. The third-order valence-electron chi connectivity index (χ3n) is 2.79. The number of hydrogen-bond donors (Lipinski definition) is 2. The second kappa shape index (κ2) is 4.47. The van der Waals surface area contributed by atoms with E-state index in [1.54, 1.807) is 12.1 Å². The lowest BCUT2D eigenvalue weighted by Gasteiger charge is -2.14. The molecule has 2 N–H and O–H groups in total. The first-order valence-electron chi connectivity index (χ1n) is 5.20. The molecule has 1 aromatic heterocycles. The second-order valence-corrected chi connectivity index (χ2v) is 3.86. The Kier molecular flexibility index (Phi) is 3.05. The quantitative estimate of drug-likeness (QED) is 0.778. The molecule has 4 nitrogen and oxygen atoms in total. The van der Waals surface area contributed by atoms with Gasteiger partial charge in [-0.2, -0.15) is 5.26 Å². The Bertz CT molecular complexity index is 367. The Labute approximate surface area is 88.5 Å². The molecule has 2 unspecified atom stereocenters. The molecule has 80 valence electrons. The van der Waals surface area contributed by atoms with Gasteiger partial charge in [-0.05, 0) is 31.4 Å². The van der Waals surface area contributed by atoms with E-state index in [4.69, 9.17) is 9.68 Å². The molecule has 0 aliphatic heterocycles. The van der Waals surface area contributed by atoms with Crippen molar-refractivity contribution in [2.45, 2.75) is 38.0 Å². The van der Waals surface area contributed by atoms with Crippen molar-refractivity contribution in [1.29, 1.82) is 5.26 Å². The number of furan rings is 1. The fourth-order valence-electron chi connectivity index (χ4n) is 1.94. The highest BCUT2D eigenvalue weighted by Gasteiger charge is 2.24. The van der Waals surface area contributed by atoms with Crippen LogP contribution in [0.1, 0.15) is 30.8 Å². The predicted octanol–water partition coefficient (Wildman–Crippen LogP) is 1.15. The van der Waals surface area contributed by atoms with Crippen LogP contribution in [0.15, 0.2) is 16.5 Å². The van der Waals surface area contributed by atoms with Crippen molar-refractivity contribution in [2.24, 2.45) is 0 Å². The van der Waals surface area contributed by atoms with E-state index in [0.717, 1.165) is 25.0 Å². The van der Waals surface area contributed by atoms with Crippen molar-refractivity contribution in [3.63, 3.8) is 0 Å². The third-order valence-corrected chi connectivity index (χ3v) is 2.79. The first-order valence-corrected chi connectivity index (χ1v) is 5.20. The van der Waals surface area contributed by atoms with Gasteiger partial charge in [0.05, 0.1) is 12.6 Å². The molecule has 4 heteroatoms. The fraction of sp³-hybridized carbons (Fsp3) is 0.545. The minimum atomic E-state index is -0.240. The van der Waals surface area contributed by atoms with Crippen molar-refractivity contribution in [3.8, 4) is 6.07 Å². The summed E-state index contributed by atoms with van der Waals surface area (Å²) in [6.07, 6.45) is 2.71. The van der Waals surface area contributed by atoms with Gasteiger partial charge >= 0.3 is 0 Å². The predicted molar refractivity (Wildman–Crippen MR) is 53.9 cm³/mol. The smallest absolute Gasteiger partial charge is 0.203 e. The van der Waals surface area contributed by atoms with Crippen molar-refractivity contribution in [2.75, 3.05) is 0 Å². The van der Waals surface area contributed by atoms with Gasteiger partial charge in [0.25, 0.3) is 0 Å². The number of rotatable bonds is 3. The maximum Gasteiger partial charge on any atom is 0.203 e. The average molecular weight is 206 g/mol. The van der Waals surface area contributed by atoms with Crippen molar-refractivity contribution >= 4 is 0 Å². The summed E-state index contributed by atoms with van der Waals surface area (Å²) in [5.41, 5.74) is 0. The van der Waals surface area contributed by atoms with E-state index in [-0.39, 0.29) is 12.1 Å². The SMILES string of the molecule is N#Cc1ccc(CNC2CCCC2O)o1. The molecule has 1 heterocycles. The highest BCUT2D eigenvalue weighted by Crippen LogP contribution is 2.19. The molecule has 1 aromatic rings. The highest BCUT2D eigenvalue weighted by atomic mass is 16.3. The van der Waals surface area contributed by atoms with Crippen LogP contribution in [0.2, 0.25) is 0 Å². The van der Waals surface area contributed by atoms with Crippen LogP contribution >= 0.6 is 0 Å². The number of nitriles is 1. The molecule has 0 spiro atoms. The molecule has 1 aliphatic rings. The third kappa shape index (κ3) is 2.38. The lowest BCUT2D eigenvalue weighted by atomic mass is 10.2. The molecule has 0 bridgehead atoms. The summed E-state index contributed by atoms with van der Waals surface area (Å²) in [7, 11) is 0. The summed E-state index contributed by atoms with van der Waals surface area (Å²) < 4.78 is 5.22. The van der Waals surface area contributed by atoms with Crippen LogP contribution in [0.3, 0.4) is 0 Å². The summed E-state index contributed by atoms with van der Waals surface area (Å²) in [5.74, 6) is 1.07. The van der Waals surface area contributed by atoms with Crippen LogP contribution in [0.25, 0.3) is 0 Å². The van der Waals surface area contributed by atoms with Crippen molar-refractivity contribution in [3.05, 3.63) is 23.7 Å². The van der Waals surface area contributed by atoms with Crippen LogP contribution in [-0.2, 0) is 6.54 Å². The average Bonchev–Trinajstić information content (AvgIpc) is 2.84. The topological polar surface area (TPSA) is 69.2 Å². The standard InChI is InChI=1S/C11H14N2O2/c12-6-8-4-5-9(15-8)7-13-10-2-1-3-11(10)14/h4-5,10-11,13-14H,1-3,7H2. The summed E-state index contributed by atoms with van der Waals surface area (Å²) in [6.45, 7) is 0.573. The van der Waals surface area contributed by atoms with Gasteiger partial charge in [-0.3, -0.25) is 0 Å². The van der Waals surface area contributed by atoms with Gasteiger partial charge in [-0.1, -0.05) is 0 Å². The molecule has 1 saturated carbocycles. The molecular weight excluding hydrogens is 192 g/mol. The van der Waals surface area contributed by atoms with Gasteiger partial charge in [-0.15, -0.1) is 0 Å². The lowest BCUT2D eigenvalue weighted by Crippen LogP contribution is -2.34. The summed E-state index contributed by atoms with van der Waals surface area (Å²) in [5, 5.41) is 21.4. The minimum absolute atomic E-state index is 0.167. The van der Waals surface area contributed by atoms with Gasteiger partial charge in [0.15, 0.2) is 0 Å². The molecule has 0 amide bonds. The van der Waals surface area contributed by atoms with E-state index in [2.05, 4.69) is 5.32 Å². The zero-order valence-electron chi connectivity index (χ0n) is 8.44. The highest BCUT2D eigenvalue weighted by molar-refractivity contribution is 5.19. The Morgan fingerprint density at radius 1 is 1.53 bits per heavy atom. The largest absolute Gasteiger partial charge is 0.449 e. The van der Waals surface area contributed by atoms with Crippen LogP contribution in [0.5, 0.6) is 0 Å². The van der Waals surface area contributed by atoms with Gasteiger partial charge in [0.1, 0.15) is 11.8 Å². The summed E-state index contributed by atoms with van der Waals surface area (Å²) >= 11 is 0. The number of hydrogen-bond acceptors (Lipinski definition) is 4. The first-order chi connectivity index (χ1) is 7.29. The normalized spacial score (nSPS) is 25.3. The van der Waals surface area contributed by atoms with Gasteiger partial charge < -0.3 is 14.8 Å². The Morgan fingerprint density at radius 3 is 3.00 bits per heavy atom. The van der Waals surface area contributed by atoms with Crippen LogP contribution in [-0.4, -0.2) is 17.3 Å². The zero-order valence-corrected chi connectivity index (χ0v) is 8.44. The fourth-order valence-corrected chi connectivity index (χ4v) is 1.94. The lowest BCUT2D eigenvalue weighted by molar-refractivity contribution is 0.147. The van der Waals surface area contributed by atoms with E-state index < -0.39 is 0 Å². The molecular formula is C11H14N2O2. The van der Waals surface area contributed by atoms with Crippen molar-refractivity contribution in [1.82, 2.24) is 5.32 Å². The van der Waals surface area contributed by atoms with E-state index in [1.165, 1.54) is 0 Å². The minimum Gasteiger partial charge on any atom is -0.449 e. The molecule has 15 heavy (non-hydrogen) atoms. The maximum atomic E-state index is 9.57. The van der Waals surface area contributed by atoms with Crippen molar-refractivity contribution < 1.29 is 9.52 Å². The molecule has 1 aliphatic carbocycles. The number of nitrogens with one attached hydrogen (secondary N) is 1. The van der Waals surface area contributed by atoms with Crippen LogP contribution in [0.4, 0.5) is 0 Å². The molecule has 2 rings (SSSR count). The monoisotopic (exact) mass is 206 g/mol. The molecule has 1 fully saturated rings. The molecule has 0 saturated heterocycles. The first kappa shape index (κ1) is 10.2. The Balaban J connectivity index is 1.85. The van der Waals surface area contributed by atoms with E-state index in [9.17, 15) is 5.11 Å². The number of nitrogens with zero attached hydrogens (tertiary/aromatic N) is 1. The number of aliphatic hydroxyl groups is 1.